The van der Waals surface area contributed by atoms with E-state index in [-0.39, 0.29) is 17.2 Å². The Kier molecular flexibility index (Phi) is 5.33. The third kappa shape index (κ3) is 3.92. The molecular formula is C16H14ClN3O5. The average Bonchev–Trinajstić information content (AvgIpc) is 2.54. The highest BCUT2D eigenvalue weighted by Crippen LogP contribution is 2.39. The molecule has 2 rings (SSSR count). The summed E-state index contributed by atoms with van der Waals surface area (Å²) in [5, 5.41) is 24.5. The first-order valence-electron chi connectivity index (χ1n) is 7.25. The van der Waals surface area contributed by atoms with Crippen LogP contribution < -0.4 is 5.32 Å². The predicted octanol–water partition coefficient (Wildman–Crippen LogP) is 4.75. The summed E-state index contributed by atoms with van der Waals surface area (Å²) < 4.78 is 0. The minimum absolute atomic E-state index is 0.0884. The largest absolute Gasteiger partial charge is 0.344 e. The molecule has 25 heavy (non-hydrogen) atoms. The van der Waals surface area contributed by atoms with Crippen molar-refractivity contribution in [3.05, 3.63) is 67.8 Å². The predicted molar refractivity (Wildman–Crippen MR) is 93.7 cm³/mol. The van der Waals surface area contributed by atoms with Gasteiger partial charge in [0.25, 0.3) is 5.24 Å². The van der Waals surface area contributed by atoms with Gasteiger partial charge in [0.2, 0.25) is 0 Å². The highest BCUT2D eigenvalue weighted by molar-refractivity contribution is 6.67. The summed E-state index contributed by atoms with van der Waals surface area (Å²) in [6.07, 6.45) is 0. The molecule has 0 aliphatic heterocycles. The SMILES string of the molecule is CC(C)c1ccccc1Nc1c([N+](=O)[O-])cc(C(=O)Cl)cc1[N+](=O)[O-]. The molecule has 2 aromatic carbocycles. The summed E-state index contributed by atoms with van der Waals surface area (Å²) in [5.41, 5.74) is -0.474. The number of nitrogens with one attached hydrogen (secondary N) is 1. The van der Waals surface area contributed by atoms with E-state index < -0.39 is 26.5 Å². The molecule has 0 amide bonds. The molecule has 0 aromatic heterocycles. The van der Waals surface area contributed by atoms with Crippen LogP contribution in [0, 0.1) is 20.2 Å². The monoisotopic (exact) mass is 363 g/mol. The van der Waals surface area contributed by atoms with Crippen molar-refractivity contribution in [2.45, 2.75) is 19.8 Å². The molecule has 0 fully saturated rings. The summed E-state index contributed by atoms with van der Waals surface area (Å²) in [4.78, 5) is 32.5. The molecule has 0 atom stereocenters. The number of anilines is 2. The number of carbonyl (C=O) groups is 1. The Morgan fingerprint density at radius 2 is 1.60 bits per heavy atom. The molecule has 8 nitrogen and oxygen atoms in total. The summed E-state index contributed by atoms with van der Waals surface area (Å²) in [6.45, 7) is 3.86. The van der Waals surface area contributed by atoms with Crippen LogP contribution in [0.1, 0.15) is 35.7 Å². The van der Waals surface area contributed by atoms with Gasteiger partial charge in [-0.15, -0.1) is 0 Å². The number of benzene rings is 2. The standard InChI is InChI=1S/C16H14ClN3O5/c1-9(2)11-5-3-4-6-12(11)18-15-13(19(22)23)7-10(16(17)21)8-14(15)20(24)25/h3-9,18H,1-2H3. The van der Waals surface area contributed by atoms with Gasteiger partial charge in [-0.3, -0.25) is 25.0 Å². The van der Waals surface area contributed by atoms with E-state index in [1.54, 1.807) is 18.2 Å². The fraction of sp³-hybridized carbons (Fsp3) is 0.188. The van der Waals surface area contributed by atoms with Gasteiger partial charge in [-0.25, -0.2) is 0 Å². The lowest BCUT2D eigenvalue weighted by atomic mass is 10.0. The zero-order chi connectivity index (χ0) is 18.7. The number of para-hydroxylation sites is 1. The van der Waals surface area contributed by atoms with Gasteiger partial charge in [0, 0.05) is 23.4 Å². The van der Waals surface area contributed by atoms with Crippen LogP contribution in [-0.4, -0.2) is 15.1 Å². The normalized spacial score (nSPS) is 10.6. The van der Waals surface area contributed by atoms with Crippen LogP contribution >= 0.6 is 11.6 Å². The molecular weight excluding hydrogens is 350 g/mol. The highest BCUT2D eigenvalue weighted by atomic mass is 35.5. The van der Waals surface area contributed by atoms with E-state index in [0.29, 0.717) is 5.69 Å². The molecule has 0 saturated carbocycles. The number of hydrogen-bond donors (Lipinski definition) is 1. The van der Waals surface area contributed by atoms with Gasteiger partial charge in [0.15, 0.2) is 5.69 Å². The van der Waals surface area contributed by atoms with Gasteiger partial charge in [0.1, 0.15) is 0 Å². The van der Waals surface area contributed by atoms with Crippen molar-refractivity contribution in [2.75, 3.05) is 5.32 Å². The quantitative estimate of drug-likeness (QED) is 0.449. The average molecular weight is 364 g/mol. The summed E-state index contributed by atoms with van der Waals surface area (Å²) in [7, 11) is 0. The van der Waals surface area contributed by atoms with Crippen molar-refractivity contribution in [1.29, 1.82) is 0 Å². The van der Waals surface area contributed by atoms with Crippen LogP contribution in [0.15, 0.2) is 36.4 Å². The number of rotatable bonds is 6. The van der Waals surface area contributed by atoms with E-state index in [9.17, 15) is 25.0 Å². The minimum Gasteiger partial charge on any atom is -0.344 e. The van der Waals surface area contributed by atoms with Crippen molar-refractivity contribution in [3.8, 4) is 0 Å². The second-order valence-electron chi connectivity index (χ2n) is 5.54. The topological polar surface area (TPSA) is 115 Å². The van der Waals surface area contributed by atoms with Gasteiger partial charge in [-0.05, 0) is 29.1 Å². The minimum atomic E-state index is -1.01. The molecule has 0 aliphatic carbocycles. The number of halogens is 1. The van der Waals surface area contributed by atoms with Crippen LogP contribution in [-0.2, 0) is 0 Å². The fourth-order valence-electron chi connectivity index (χ4n) is 2.39. The lowest BCUT2D eigenvalue weighted by Crippen LogP contribution is -2.06. The first-order chi connectivity index (χ1) is 11.7. The summed E-state index contributed by atoms with van der Waals surface area (Å²) >= 11 is 5.33. The molecule has 0 spiro atoms. The molecule has 9 heteroatoms. The Morgan fingerprint density at radius 1 is 1.08 bits per heavy atom. The van der Waals surface area contributed by atoms with Gasteiger partial charge >= 0.3 is 11.4 Å². The Balaban J connectivity index is 2.70. The number of nitrogens with zero attached hydrogens (tertiary/aromatic N) is 2. The van der Waals surface area contributed by atoms with Crippen molar-refractivity contribution in [1.82, 2.24) is 0 Å². The van der Waals surface area contributed by atoms with E-state index in [1.165, 1.54) is 0 Å². The Bertz CT molecular complexity index is 832. The third-order valence-corrected chi connectivity index (χ3v) is 3.78. The van der Waals surface area contributed by atoms with Gasteiger partial charge < -0.3 is 5.32 Å². The Labute approximate surface area is 147 Å². The van der Waals surface area contributed by atoms with E-state index in [2.05, 4.69) is 5.32 Å². The Hall–Kier alpha value is -3.00. The summed E-state index contributed by atoms with van der Waals surface area (Å²) in [5.74, 6) is 0.0884. The fourth-order valence-corrected chi connectivity index (χ4v) is 2.50. The number of nitro benzene ring substituents is 2. The lowest BCUT2D eigenvalue weighted by Gasteiger charge is -2.15. The van der Waals surface area contributed by atoms with Gasteiger partial charge in [0.05, 0.1) is 9.85 Å². The molecule has 0 bridgehead atoms. The van der Waals surface area contributed by atoms with Crippen molar-refractivity contribution in [3.63, 3.8) is 0 Å². The molecule has 0 unspecified atom stereocenters. The van der Waals surface area contributed by atoms with Crippen LogP contribution in [0.5, 0.6) is 0 Å². The van der Waals surface area contributed by atoms with E-state index in [4.69, 9.17) is 11.6 Å². The maximum atomic E-state index is 11.4. The molecule has 0 aliphatic rings. The van der Waals surface area contributed by atoms with Gasteiger partial charge in [-0.1, -0.05) is 32.0 Å². The van der Waals surface area contributed by atoms with Crippen LogP contribution in [0.25, 0.3) is 0 Å². The number of nitro groups is 2. The molecule has 130 valence electrons. The second kappa shape index (κ2) is 7.27. The summed E-state index contributed by atoms with van der Waals surface area (Å²) in [6, 6.07) is 8.84. The maximum absolute atomic E-state index is 11.4. The molecule has 2 aromatic rings. The second-order valence-corrected chi connectivity index (χ2v) is 5.89. The first-order valence-corrected chi connectivity index (χ1v) is 7.62. The molecule has 0 saturated heterocycles. The van der Waals surface area contributed by atoms with E-state index in [0.717, 1.165) is 17.7 Å². The molecule has 1 N–H and O–H groups in total. The third-order valence-electron chi connectivity index (χ3n) is 3.56. The maximum Gasteiger partial charge on any atom is 0.300 e. The van der Waals surface area contributed by atoms with Crippen molar-refractivity contribution >= 4 is 39.6 Å². The lowest BCUT2D eigenvalue weighted by molar-refractivity contribution is -0.392. The number of hydrogen-bond acceptors (Lipinski definition) is 6. The molecule has 0 radical (unpaired) electrons. The smallest absolute Gasteiger partial charge is 0.300 e. The van der Waals surface area contributed by atoms with Gasteiger partial charge in [-0.2, -0.15) is 0 Å². The van der Waals surface area contributed by atoms with Crippen molar-refractivity contribution in [2.24, 2.45) is 0 Å². The van der Waals surface area contributed by atoms with E-state index in [1.807, 2.05) is 19.9 Å². The zero-order valence-electron chi connectivity index (χ0n) is 13.4. The van der Waals surface area contributed by atoms with Crippen molar-refractivity contribution < 1.29 is 14.6 Å². The zero-order valence-corrected chi connectivity index (χ0v) is 14.1. The number of carbonyl (C=O) groups excluding carboxylic acids is 1. The van der Waals surface area contributed by atoms with E-state index >= 15 is 0 Å². The highest BCUT2D eigenvalue weighted by Gasteiger charge is 2.29. The Morgan fingerprint density at radius 3 is 2.04 bits per heavy atom. The van der Waals surface area contributed by atoms with Crippen LogP contribution in [0.4, 0.5) is 22.7 Å². The van der Waals surface area contributed by atoms with Crippen LogP contribution in [0.2, 0.25) is 0 Å². The first kappa shape index (κ1) is 18.3. The van der Waals surface area contributed by atoms with Crippen LogP contribution in [0.3, 0.4) is 0 Å². The molecule has 0 heterocycles.